The molecule has 0 saturated heterocycles. The third kappa shape index (κ3) is 3.59. The van der Waals surface area contributed by atoms with Gasteiger partial charge >= 0.3 is 6.09 Å². The summed E-state index contributed by atoms with van der Waals surface area (Å²) in [5, 5.41) is 11.7. The Kier molecular flexibility index (Phi) is 5.03. The van der Waals surface area contributed by atoms with E-state index in [1.54, 1.807) is 0 Å². The molecule has 0 unspecified atom stereocenters. The second-order valence-electron chi connectivity index (χ2n) is 7.88. The van der Waals surface area contributed by atoms with Crippen LogP contribution in [0.2, 0.25) is 0 Å². The van der Waals surface area contributed by atoms with E-state index in [0.717, 1.165) is 42.4 Å². The summed E-state index contributed by atoms with van der Waals surface area (Å²) in [4.78, 5) is 11.1. The van der Waals surface area contributed by atoms with Gasteiger partial charge in [-0.3, -0.25) is 0 Å². The highest BCUT2D eigenvalue weighted by Gasteiger charge is 2.40. The van der Waals surface area contributed by atoms with Crippen molar-refractivity contribution in [3.8, 4) is 11.1 Å². The van der Waals surface area contributed by atoms with Crippen LogP contribution in [0.5, 0.6) is 0 Å². The van der Waals surface area contributed by atoms with Crippen molar-refractivity contribution in [2.75, 3.05) is 0 Å². The number of benzene rings is 2. The van der Waals surface area contributed by atoms with Crippen molar-refractivity contribution in [3.63, 3.8) is 0 Å². The van der Waals surface area contributed by atoms with Crippen LogP contribution in [0.15, 0.2) is 36.4 Å². The Balaban J connectivity index is 1.94. The second kappa shape index (κ2) is 7.10. The third-order valence-corrected chi connectivity index (χ3v) is 5.32. The summed E-state index contributed by atoms with van der Waals surface area (Å²) < 4.78 is 14.8. The quantitative estimate of drug-likeness (QED) is 0.720. The van der Waals surface area contributed by atoms with Crippen LogP contribution in [0.4, 0.5) is 9.18 Å². The Morgan fingerprint density at radius 3 is 2.58 bits per heavy atom. The molecule has 4 heteroatoms. The highest BCUT2D eigenvalue weighted by atomic mass is 19.1. The molecule has 2 aromatic rings. The average Bonchev–Trinajstić information content (AvgIpc) is 2.82. The summed E-state index contributed by atoms with van der Waals surface area (Å²) in [5.74, 6) is -0.306. The lowest BCUT2D eigenvalue weighted by Gasteiger charge is -2.27. The van der Waals surface area contributed by atoms with Gasteiger partial charge in [0, 0.05) is 5.56 Å². The van der Waals surface area contributed by atoms with Crippen LogP contribution in [0.25, 0.3) is 11.1 Å². The zero-order valence-corrected chi connectivity index (χ0v) is 15.6. The Morgan fingerprint density at radius 1 is 1.27 bits per heavy atom. The molecule has 2 aromatic carbocycles. The van der Waals surface area contributed by atoms with E-state index in [1.165, 1.54) is 11.6 Å². The first kappa shape index (κ1) is 18.4. The molecule has 3 rings (SSSR count). The summed E-state index contributed by atoms with van der Waals surface area (Å²) in [7, 11) is 0. The van der Waals surface area contributed by atoms with E-state index in [-0.39, 0.29) is 11.2 Å². The summed E-state index contributed by atoms with van der Waals surface area (Å²) >= 11 is 0. The lowest BCUT2D eigenvalue weighted by Crippen LogP contribution is -2.34. The fourth-order valence-electron chi connectivity index (χ4n) is 3.92. The zero-order chi connectivity index (χ0) is 18.9. The summed E-state index contributed by atoms with van der Waals surface area (Å²) in [6.07, 6.45) is 2.99. The van der Waals surface area contributed by atoms with Gasteiger partial charge in [0.05, 0.1) is 6.04 Å². The van der Waals surface area contributed by atoms with Gasteiger partial charge in [0.1, 0.15) is 5.82 Å². The molecular formula is C22H26FNO2. The molecule has 2 N–H and O–H groups in total. The van der Waals surface area contributed by atoms with Gasteiger partial charge in [-0.05, 0) is 59.1 Å². The van der Waals surface area contributed by atoms with Crippen LogP contribution >= 0.6 is 0 Å². The van der Waals surface area contributed by atoms with Crippen LogP contribution < -0.4 is 5.32 Å². The monoisotopic (exact) mass is 355 g/mol. The average molecular weight is 355 g/mol. The van der Waals surface area contributed by atoms with Gasteiger partial charge in [-0.25, -0.2) is 9.18 Å². The normalized spacial score (nSPS) is 17.8. The van der Waals surface area contributed by atoms with Gasteiger partial charge in [-0.15, -0.1) is 0 Å². The van der Waals surface area contributed by atoms with Crippen molar-refractivity contribution in [3.05, 3.63) is 58.9 Å². The number of hydrogen-bond donors (Lipinski definition) is 2. The number of halogens is 1. The molecule has 3 nitrogen and oxygen atoms in total. The van der Waals surface area contributed by atoms with Crippen LogP contribution in [-0.4, -0.2) is 11.2 Å². The molecule has 1 atom stereocenters. The zero-order valence-electron chi connectivity index (χ0n) is 15.6. The molecule has 0 saturated carbocycles. The largest absolute Gasteiger partial charge is 0.465 e. The minimum atomic E-state index is -1.08. The SMILES string of the molecule is CCCCc1ccc(-c2cc3c(cc2F)[C@H](NC(=O)O)C(C)(C)C3)cc1. The van der Waals surface area contributed by atoms with Crippen molar-refractivity contribution in [1.29, 1.82) is 0 Å². The number of fused-ring (bicyclic) bond motifs is 1. The number of amides is 1. The van der Waals surface area contributed by atoms with Crippen molar-refractivity contribution in [2.45, 2.75) is 52.5 Å². The third-order valence-electron chi connectivity index (χ3n) is 5.32. The van der Waals surface area contributed by atoms with E-state index in [9.17, 15) is 9.18 Å². The Morgan fingerprint density at radius 2 is 1.96 bits per heavy atom. The van der Waals surface area contributed by atoms with E-state index in [2.05, 4.69) is 24.4 Å². The molecule has 1 amide bonds. The molecule has 0 spiro atoms. The topological polar surface area (TPSA) is 49.3 Å². The van der Waals surface area contributed by atoms with Crippen LogP contribution in [0.3, 0.4) is 0 Å². The number of carboxylic acid groups (broad SMARTS) is 1. The minimum absolute atomic E-state index is 0.282. The van der Waals surface area contributed by atoms with Crippen molar-refractivity contribution < 1.29 is 14.3 Å². The van der Waals surface area contributed by atoms with Crippen molar-refractivity contribution >= 4 is 6.09 Å². The molecule has 0 fully saturated rings. The molecule has 0 heterocycles. The number of carbonyl (C=O) groups is 1. The maximum Gasteiger partial charge on any atom is 0.405 e. The standard InChI is InChI=1S/C22H26FNO2/c1-4-5-6-14-7-9-15(10-8-14)17-11-16-13-22(2,3)20(24-21(25)26)18(16)12-19(17)23/h7-12,20,24H,4-6,13H2,1-3H3,(H,25,26)/t20-/m0/s1. The molecule has 1 aliphatic carbocycles. The fraction of sp³-hybridized carbons (Fsp3) is 0.409. The first-order valence-corrected chi connectivity index (χ1v) is 9.23. The predicted molar refractivity (Wildman–Crippen MR) is 102 cm³/mol. The first-order valence-electron chi connectivity index (χ1n) is 9.23. The highest BCUT2D eigenvalue weighted by molar-refractivity contribution is 5.69. The van der Waals surface area contributed by atoms with Gasteiger partial charge in [0.15, 0.2) is 0 Å². The Hall–Kier alpha value is -2.36. The maximum absolute atomic E-state index is 14.8. The number of nitrogens with one attached hydrogen (secondary N) is 1. The summed E-state index contributed by atoms with van der Waals surface area (Å²) in [5.41, 5.74) is 4.19. The van der Waals surface area contributed by atoms with E-state index in [4.69, 9.17) is 5.11 Å². The summed E-state index contributed by atoms with van der Waals surface area (Å²) in [6.45, 7) is 6.18. The van der Waals surface area contributed by atoms with E-state index in [0.29, 0.717) is 5.56 Å². The molecule has 0 bridgehead atoms. The molecule has 138 valence electrons. The molecule has 0 aliphatic heterocycles. The maximum atomic E-state index is 14.8. The first-order chi connectivity index (χ1) is 12.3. The second-order valence-corrected chi connectivity index (χ2v) is 7.88. The van der Waals surface area contributed by atoms with Crippen molar-refractivity contribution in [1.82, 2.24) is 5.32 Å². The number of unbranched alkanes of at least 4 members (excludes halogenated alkanes) is 1. The van der Waals surface area contributed by atoms with Gasteiger partial charge in [-0.1, -0.05) is 51.5 Å². The molecule has 26 heavy (non-hydrogen) atoms. The molecule has 1 aliphatic rings. The van der Waals surface area contributed by atoms with Gasteiger partial charge in [0.2, 0.25) is 0 Å². The number of aryl methyl sites for hydroxylation is 1. The smallest absolute Gasteiger partial charge is 0.405 e. The lowest BCUT2D eigenvalue weighted by molar-refractivity contribution is 0.175. The molecule has 0 aromatic heterocycles. The number of hydrogen-bond acceptors (Lipinski definition) is 1. The highest BCUT2D eigenvalue weighted by Crippen LogP contribution is 2.46. The molecule has 0 radical (unpaired) electrons. The van der Waals surface area contributed by atoms with Crippen LogP contribution in [-0.2, 0) is 12.8 Å². The van der Waals surface area contributed by atoms with Crippen molar-refractivity contribution in [2.24, 2.45) is 5.41 Å². The van der Waals surface area contributed by atoms with Gasteiger partial charge in [-0.2, -0.15) is 0 Å². The van der Waals surface area contributed by atoms with Crippen LogP contribution in [0, 0.1) is 11.2 Å². The predicted octanol–water partition coefficient (Wildman–Crippen LogP) is 5.73. The van der Waals surface area contributed by atoms with Gasteiger partial charge < -0.3 is 10.4 Å². The van der Waals surface area contributed by atoms with Gasteiger partial charge in [0.25, 0.3) is 0 Å². The minimum Gasteiger partial charge on any atom is -0.465 e. The summed E-state index contributed by atoms with van der Waals surface area (Å²) in [6, 6.07) is 11.1. The van der Waals surface area contributed by atoms with E-state index >= 15 is 0 Å². The molecular weight excluding hydrogens is 329 g/mol. The van der Waals surface area contributed by atoms with Crippen LogP contribution in [0.1, 0.15) is 56.3 Å². The van der Waals surface area contributed by atoms with E-state index < -0.39 is 12.1 Å². The number of rotatable bonds is 5. The lowest BCUT2D eigenvalue weighted by atomic mass is 9.85. The Labute approximate surface area is 154 Å². The Bertz CT molecular complexity index is 812. The fourth-order valence-corrected chi connectivity index (χ4v) is 3.92. The van der Waals surface area contributed by atoms with E-state index in [1.807, 2.05) is 32.0 Å².